The number of methoxy groups -OCH3 is 1. The highest BCUT2D eigenvalue weighted by atomic mass is 32.1. The minimum absolute atomic E-state index is 0.0696. The van der Waals surface area contributed by atoms with Crippen molar-refractivity contribution in [2.75, 3.05) is 45.3 Å². The smallest absolute Gasteiger partial charge is 0.261 e. The van der Waals surface area contributed by atoms with Crippen molar-refractivity contribution in [2.24, 2.45) is 11.1 Å². The van der Waals surface area contributed by atoms with Crippen molar-refractivity contribution >= 4 is 27.9 Å². The zero-order valence-electron chi connectivity index (χ0n) is 12.7. The van der Waals surface area contributed by atoms with Crippen LogP contribution in [0.4, 0.5) is 10.7 Å². The van der Waals surface area contributed by atoms with Gasteiger partial charge in [-0.05, 0) is 19.5 Å². The van der Waals surface area contributed by atoms with E-state index in [9.17, 15) is 4.79 Å². The van der Waals surface area contributed by atoms with Gasteiger partial charge in [0, 0.05) is 13.1 Å². The first-order chi connectivity index (χ1) is 9.18. The van der Waals surface area contributed by atoms with Gasteiger partial charge < -0.3 is 26.4 Å². The number of nitrogens with two attached hydrogens (primary N) is 2. The fraction of sp³-hybridized carbons (Fsp3) is 0.615. The van der Waals surface area contributed by atoms with Crippen molar-refractivity contribution in [3.05, 3.63) is 4.88 Å². The Kier molecular flexibility index (Phi) is 5.24. The van der Waals surface area contributed by atoms with Crippen LogP contribution < -0.4 is 21.5 Å². The third-order valence-corrected chi connectivity index (χ3v) is 3.96. The van der Waals surface area contributed by atoms with Crippen molar-refractivity contribution in [3.8, 4) is 5.75 Å². The quantitative estimate of drug-likeness (QED) is 0.708. The Morgan fingerprint density at radius 1 is 1.45 bits per heavy atom. The Labute approximate surface area is 124 Å². The van der Waals surface area contributed by atoms with Crippen LogP contribution in [0.15, 0.2) is 0 Å². The number of primary amides is 1. The second-order valence-electron chi connectivity index (χ2n) is 5.83. The average Bonchev–Trinajstić information content (AvgIpc) is 2.61. The molecule has 1 aromatic heterocycles. The van der Waals surface area contributed by atoms with Crippen molar-refractivity contribution in [1.82, 2.24) is 4.90 Å². The van der Waals surface area contributed by atoms with Gasteiger partial charge in [-0.2, -0.15) is 0 Å². The molecule has 0 radical (unpaired) electrons. The number of nitrogens with one attached hydrogen (secondary N) is 1. The summed E-state index contributed by atoms with van der Waals surface area (Å²) in [6, 6.07) is 0. The van der Waals surface area contributed by atoms with Gasteiger partial charge in [0.15, 0.2) is 5.75 Å². The number of ether oxygens (including phenoxy) is 1. The zero-order valence-corrected chi connectivity index (χ0v) is 13.6. The minimum atomic E-state index is -0.536. The van der Waals surface area contributed by atoms with Gasteiger partial charge in [-0.1, -0.05) is 13.8 Å². The van der Waals surface area contributed by atoms with E-state index < -0.39 is 5.91 Å². The predicted octanol–water partition coefficient (Wildman–Crippen LogP) is 1.44. The number of hydrogen-bond acceptors (Lipinski definition) is 6. The van der Waals surface area contributed by atoms with E-state index in [2.05, 4.69) is 24.1 Å². The van der Waals surface area contributed by atoms with Crippen molar-refractivity contribution in [3.63, 3.8) is 0 Å². The Hall–Kier alpha value is -1.47. The lowest BCUT2D eigenvalue weighted by molar-refractivity contribution is 0.100. The molecule has 0 unspecified atom stereocenters. The van der Waals surface area contributed by atoms with E-state index in [-0.39, 0.29) is 5.41 Å². The Bertz CT molecular complexity index is 483. The Balaban J connectivity index is 2.88. The lowest BCUT2D eigenvalue weighted by Gasteiger charge is -2.28. The summed E-state index contributed by atoms with van der Waals surface area (Å²) in [6.45, 7) is 6.00. The molecule has 7 heteroatoms. The van der Waals surface area contributed by atoms with Gasteiger partial charge in [-0.3, -0.25) is 4.79 Å². The van der Waals surface area contributed by atoms with E-state index in [0.29, 0.717) is 16.3 Å². The zero-order chi connectivity index (χ0) is 15.5. The number of anilines is 2. The second-order valence-corrected chi connectivity index (χ2v) is 6.85. The maximum absolute atomic E-state index is 11.3. The largest absolute Gasteiger partial charge is 0.492 e. The molecule has 0 spiro atoms. The lowest BCUT2D eigenvalue weighted by Crippen LogP contribution is -2.34. The summed E-state index contributed by atoms with van der Waals surface area (Å²) in [5, 5.41) is 4.05. The number of carbonyl (C=O) groups is 1. The summed E-state index contributed by atoms with van der Waals surface area (Å²) in [6.07, 6.45) is 0. The number of amides is 1. The molecule has 5 N–H and O–H groups in total. The van der Waals surface area contributed by atoms with Crippen molar-refractivity contribution < 1.29 is 9.53 Å². The monoisotopic (exact) mass is 300 g/mol. The van der Waals surface area contributed by atoms with Gasteiger partial charge in [0.1, 0.15) is 15.6 Å². The highest BCUT2D eigenvalue weighted by Crippen LogP contribution is 2.42. The minimum Gasteiger partial charge on any atom is -0.492 e. The van der Waals surface area contributed by atoms with Gasteiger partial charge in [0.2, 0.25) is 0 Å². The average molecular weight is 300 g/mol. The van der Waals surface area contributed by atoms with Gasteiger partial charge in [0.05, 0.1) is 7.11 Å². The number of rotatable bonds is 7. The predicted molar refractivity (Wildman–Crippen MR) is 84.6 cm³/mol. The van der Waals surface area contributed by atoms with E-state index in [4.69, 9.17) is 16.2 Å². The number of hydrogen-bond donors (Lipinski definition) is 3. The van der Waals surface area contributed by atoms with E-state index >= 15 is 0 Å². The fourth-order valence-electron chi connectivity index (χ4n) is 2.16. The van der Waals surface area contributed by atoms with Crippen LogP contribution in [0.1, 0.15) is 23.5 Å². The fourth-order valence-corrected chi connectivity index (χ4v) is 3.10. The standard InChI is InChI=1S/C13H24N4O2S/c1-13(2,7-17(3)4)6-16-12-9(19-5)8(14)10(20-12)11(15)18/h16H,6-7,14H2,1-5H3,(H2,15,18). The van der Waals surface area contributed by atoms with E-state index in [0.717, 1.165) is 18.1 Å². The maximum Gasteiger partial charge on any atom is 0.261 e. The van der Waals surface area contributed by atoms with Crippen LogP contribution in [0, 0.1) is 5.41 Å². The molecule has 0 aliphatic heterocycles. The number of carbonyl (C=O) groups excluding carboxylic acids is 1. The summed E-state index contributed by atoms with van der Waals surface area (Å²) in [5.41, 5.74) is 11.5. The van der Waals surface area contributed by atoms with Crippen molar-refractivity contribution in [2.45, 2.75) is 13.8 Å². The third-order valence-electron chi connectivity index (χ3n) is 2.80. The van der Waals surface area contributed by atoms with E-state index in [1.54, 1.807) is 0 Å². The molecule has 0 saturated carbocycles. The molecule has 20 heavy (non-hydrogen) atoms. The summed E-state index contributed by atoms with van der Waals surface area (Å²) >= 11 is 1.23. The van der Waals surface area contributed by atoms with Crippen LogP contribution in [-0.4, -0.2) is 45.1 Å². The summed E-state index contributed by atoms with van der Waals surface area (Å²) in [7, 11) is 5.60. The van der Waals surface area contributed by atoms with E-state index in [1.165, 1.54) is 18.4 Å². The molecule has 0 fully saturated rings. The molecule has 0 saturated heterocycles. The van der Waals surface area contributed by atoms with Gasteiger partial charge >= 0.3 is 0 Å². The summed E-state index contributed by atoms with van der Waals surface area (Å²) in [5.74, 6) is -0.0455. The molecule has 0 bridgehead atoms. The first-order valence-corrected chi connectivity index (χ1v) is 7.14. The number of thiophene rings is 1. The first-order valence-electron chi connectivity index (χ1n) is 6.32. The molecule has 1 amide bonds. The Morgan fingerprint density at radius 3 is 2.50 bits per heavy atom. The Morgan fingerprint density at radius 2 is 2.05 bits per heavy atom. The molecule has 0 aliphatic rings. The number of nitrogen functional groups attached to an aromatic ring is 1. The molecule has 6 nitrogen and oxygen atoms in total. The normalized spacial score (nSPS) is 11.7. The lowest BCUT2D eigenvalue weighted by atomic mass is 9.93. The highest BCUT2D eigenvalue weighted by Gasteiger charge is 2.23. The second kappa shape index (κ2) is 6.32. The topological polar surface area (TPSA) is 93.6 Å². The van der Waals surface area contributed by atoms with Crippen LogP contribution in [0.5, 0.6) is 5.75 Å². The molecular formula is C13H24N4O2S. The summed E-state index contributed by atoms with van der Waals surface area (Å²) in [4.78, 5) is 13.8. The molecule has 0 aromatic carbocycles. The van der Waals surface area contributed by atoms with Gasteiger partial charge in [-0.25, -0.2) is 0 Å². The van der Waals surface area contributed by atoms with Crippen molar-refractivity contribution in [1.29, 1.82) is 0 Å². The third kappa shape index (κ3) is 4.01. The van der Waals surface area contributed by atoms with Crippen LogP contribution in [0.2, 0.25) is 0 Å². The molecule has 1 aromatic rings. The first kappa shape index (κ1) is 16.6. The van der Waals surface area contributed by atoms with E-state index in [1.807, 2.05) is 14.1 Å². The van der Waals surface area contributed by atoms with Gasteiger partial charge in [0.25, 0.3) is 5.91 Å². The molecule has 0 aliphatic carbocycles. The number of nitrogens with zero attached hydrogens (tertiary/aromatic N) is 1. The van der Waals surface area contributed by atoms with Crippen LogP contribution in [0.25, 0.3) is 0 Å². The molecule has 0 atom stereocenters. The summed E-state index contributed by atoms with van der Waals surface area (Å²) < 4.78 is 5.26. The van der Waals surface area contributed by atoms with Crippen LogP contribution >= 0.6 is 11.3 Å². The molecular weight excluding hydrogens is 276 g/mol. The van der Waals surface area contributed by atoms with Crippen LogP contribution in [-0.2, 0) is 0 Å². The SMILES string of the molecule is COc1c(NCC(C)(C)CN(C)C)sc(C(N)=O)c1N. The molecule has 1 heterocycles. The highest BCUT2D eigenvalue weighted by molar-refractivity contribution is 7.19. The van der Waals surface area contributed by atoms with Gasteiger partial charge in [-0.15, -0.1) is 11.3 Å². The molecule has 114 valence electrons. The molecule has 1 rings (SSSR count). The van der Waals surface area contributed by atoms with Crippen LogP contribution in [0.3, 0.4) is 0 Å². The maximum atomic E-state index is 11.3.